The molecular formula is C13H9NO4. The van der Waals surface area contributed by atoms with Gasteiger partial charge in [-0.25, -0.2) is 4.90 Å². The topological polar surface area (TPSA) is 59.8 Å². The molecule has 5 heteroatoms. The number of benzene rings is 1. The van der Waals surface area contributed by atoms with Gasteiger partial charge in [0, 0.05) is 12.2 Å². The van der Waals surface area contributed by atoms with E-state index in [1.165, 1.54) is 18.4 Å². The fourth-order valence-corrected chi connectivity index (χ4v) is 2.01. The number of amides is 2. The van der Waals surface area contributed by atoms with Crippen molar-refractivity contribution in [3.63, 3.8) is 0 Å². The predicted octanol–water partition coefficient (Wildman–Crippen LogP) is 1.87. The van der Waals surface area contributed by atoms with Gasteiger partial charge in [0.1, 0.15) is 5.75 Å². The first-order valence-corrected chi connectivity index (χ1v) is 5.32. The lowest BCUT2D eigenvalue weighted by Gasteiger charge is -2.14. The first-order valence-electron chi connectivity index (χ1n) is 5.32. The number of furan rings is 1. The number of rotatable bonds is 2. The minimum atomic E-state index is -0.372. The molecule has 0 radical (unpaired) electrons. The molecule has 0 fully saturated rings. The minimum Gasteiger partial charge on any atom is -0.496 e. The van der Waals surface area contributed by atoms with Gasteiger partial charge in [-0.15, -0.1) is 0 Å². The summed E-state index contributed by atoms with van der Waals surface area (Å²) >= 11 is 0. The van der Waals surface area contributed by atoms with Crippen molar-refractivity contribution in [3.05, 3.63) is 36.6 Å². The number of carbonyl (C=O) groups is 2. The summed E-state index contributed by atoms with van der Waals surface area (Å²) in [6, 6.07) is 5.07. The fourth-order valence-electron chi connectivity index (χ4n) is 2.01. The first-order chi connectivity index (χ1) is 8.72. The second-order valence-corrected chi connectivity index (χ2v) is 3.80. The van der Waals surface area contributed by atoms with Crippen LogP contribution in [-0.2, 0) is 9.59 Å². The average molecular weight is 243 g/mol. The van der Waals surface area contributed by atoms with Gasteiger partial charge in [0.05, 0.1) is 24.4 Å². The summed E-state index contributed by atoms with van der Waals surface area (Å²) in [5.41, 5.74) is 0.885. The van der Waals surface area contributed by atoms with Gasteiger partial charge < -0.3 is 9.15 Å². The van der Waals surface area contributed by atoms with Crippen molar-refractivity contribution in [2.75, 3.05) is 12.0 Å². The van der Waals surface area contributed by atoms with E-state index in [2.05, 4.69) is 0 Å². The van der Waals surface area contributed by atoms with Crippen molar-refractivity contribution in [2.24, 2.45) is 0 Å². The molecule has 0 N–H and O–H groups in total. The molecule has 0 saturated carbocycles. The summed E-state index contributed by atoms with van der Waals surface area (Å²) in [6.07, 6.45) is 3.97. The number of nitrogens with zero attached hydrogens (tertiary/aromatic N) is 1. The number of carbonyl (C=O) groups excluding carboxylic acids is 2. The van der Waals surface area contributed by atoms with Gasteiger partial charge in [0.2, 0.25) is 0 Å². The van der Waals surface area contributed by atoms with E-state index in [9.17, 15) is 9.59 Å². The second kappa shape index (κ2) is 3.73. The molecule has 5 nitrogen and oxygen atoms in total. The van der Waals surface area contributed by atoms with Gasteiger partial charge >= 0.3 is 0 Å². The minimum absolute atomic E-state index is 0.372. The van der Waals surface area contributed by atoms with E-state index in [-0.39, 0.29) is 11.8 Å². The third-order valence-electron chi connectivity index (χ3n) is 2.83. The molecule has 90 valence electrons. The van der Waals surface area contributed by atoms with Crippen molar-refractivity contribution in [2.45, 2.75) is 0 Å². The van der Waals surface area contributed by atoms with Gasteiger partial charge in [-0.2, -0.15) is 0 Å². The zero-order valence-electron chi connectivity index (χ0n) is 9.54. The third kappa shape index (κ3) is 1.34. The van der Waals surface area contributed by atoms with E-state index in [1.54, 1.807) is 25.3 Å². The van der Waals surface area contributed by atoms with Crippen LogP contribution < -0.4 is 9.64 Å². The highest BCUT2D eigenvalue weighted by Gasteiger charge is 2.28. The van der Waals surface area contributed by atoms with E-state index in [4.69, 9.17) is 9.15 Å². The van der Waals surface area contributed by atoms with E-state index >= 15 is 0 Å². The highest BCUT2D eigenvalue weighted by atomic mass is 16.5. The van der Waals surface area contributed by atoms with Crippen LogP contribution in [0.3, 0.4) is 0 Å². The van der Waals surface area contributed by atoms with E-state index in [0.717, 1.165) is 10.3 Å². The van der Waals surface area contributed by atoms with Gasteiger partial charge in [-0.1, -0.05) is 0 Å². The fraction of sp³-hybridized carbons (Fsp3) is 0.0769. The van der Waals surface area contributed by atoms with Gasteiger partial charge in [0.25, 0.3) is 11.8 Å². The average Bonchev–Trinajstić information content (AvgIpc) is 2.96. The van der Waals surface area contributed by atoms with Crippen LogP contribution in [0.1, 0.15) is 0 Å². The molecule has 2 aromatic rings. The molecule has 1 aromatic carbocycles. The largest absolute Gasteiger partial charge is 0.496 e. The zero-order valence-corrected chi connectivity index (χ0v) is 9.54. The van der Waals surface area contributed by atoms with Crippen LogP contribution in [0, 0.1) is 0 Å². The van der Waals surface area contributed by atoms with Gasteiger partial charge in [-0.05, 0) is 18.2 Å². The number of ether oxygens (including phenoxy) is 1. The van der Waals surface area contributed by atoms with Crippen LogP contribution in [-0.4, -0.2) is 18.9 Å². The predicted molar refractivity (Wildman–Crippen MR) is 64.4 cm³/mol. The van der Waals surface area contributed by atoms with E-state index < -0.39 is 0 Å². The Balaban J connectivity index is 2.22. The number of anilines is 1. The van der Waals surface area contributed by atoms with Crippen molar-refractivity contribution >= 4 is 28.5 Å². The molecule has 0 bridgehead atoms. The van der Waals surface area contributed by atoms with Crippen molar-refractivity contribution in [3.8, 4) is 5.75 Å². The lowest BCUT2D eigenvalue weighted by Crippen LogP contribution is -2.29. The molecule has 18 heavy (non-hydrogen) atoms. The molecule has 0 unspecified atom stereocenters. The van der Waals surface area contributed by atoms with Crippen LogP contribution >= 0.6 is 0 Å². The maximum absolute atomic E-state index is 11.7. The quantitative estimate of drug-likeness (QED) is 0.755. The lowest BCUT2D eigenvalue weighted by molar-refractivity contribution is -0.119. The second-order valence-electron chi connectivity index (χ2n) is 3.80. The molecule has 0 spiro atoms. The Hall–Kier alpha value is -2.56. The Bertz CT molecular complexity index is 665. The number of fused-ring (bicyclic) bond motifs is 1. The Morgan fingerprint density at radius 1 is 1.11 bits per heavy atom. The highest BCUT2D eigenvalue weighted by molar-refractivity contribution is 6.30. The molecule has 1 aromatic heterocycles. The summed E-state index contributed by atoms with van der Waals surface area (Å²) in [4.78, 5) is 24.4. The smallest absolute Gasteiger partial charge is 0.258 e. The third-order valence-corrected chi connectivity index (χ3v) is 2.83. The maximum atomic E-state index is 11.7. The summed E-state index contributed by atoms with van der Waals surface area (Å²) < 4.78 is 10.5. The van der Waals surface area contributed by atoms with E-state index in [0.29, 0.717) is 17.0 Å². The molecular weight excluding hydrogens is 234 g/mol. The first kappa shape index (κ1) is 10.6. The SMILES string of the molecule is COc1ccc(N2C(=O)C=CC2=O)c2occc12. The van der Waals surface area contributed by atoms with Crippen LogP contribution in [0.5, 0.6) is 5.75 Å². The maximum Gasteiger partial charge on any atom is 0.258 e. The normalized spacial score (nSPS) is 14.8. The summed E-state index contributed by atoms with van der Waals surface area (Å²) in [5, 5.41) is 0.725. The molecule has 0 aliphatic carbocycles. The van der Waals surface area contributed by atoms with Crippen LogP contribution in [0.25, 0.3) is 11.0 Å². The van der Waals surface area contributed by atoms with Gasteiger partial charge in [-0.3, -0.25) is 9.59 Å². The highest BCUT2D eigenvalue weighted by Crippen LogP contribution is 2.35. The van der Waals surface area contributed by atoms with Crippen LogP contribution in [0.2, 0.25) is 0 Å². The zero-order chi connectivity index (χ0) is 12.7. The Kier molecular flexibility index (Phi) is 2.19. The van der Waals surface area contributed by atoms with Crippen molar-refractivity contribution in [1.29, 1.82) is 0 Å². The molecule has 0 atom stereocenters. The Labute approximate surface area is 102 Å². The van der Waals surface area contributed by atoms with Crippen LogP contribution in [0.15, 0.2) is 41.0 Å². The van der Waals surface area contributed by atoms with E-state index in [1.807, 2.05) is 0 Å². The molecule has 0 saturated heterocycles. The summed E-state index contributed by atoms with van der Waals surface area (Å²) in [7, 11) is 1.55. The van der Waals surface area contributed by atoms with Gasteiger partial charge in [0.15, 0.2) is 5.58 Å². The Morgan fingerprint density at radius 2 is 1.83 bits per heavy atom. The molecule has 1 aliphatic heterocycles. The molecule has 1 aliphatic rings. The number of hydrogen-bond donors (Lipinski definition) is 0. The van der Waals surface area contributed by atoms with Crippen molar-refractivity contribution < 1.29 is 18.7 Å². The monoisotopic (exact) mass is 243 g/mol. The number of imide groups is 1. The van der Waals surface area contributed by atoms with Crippen LogP contribution in [0.4, 0.5) is 5.69 Å². The lowest BCUT2D eigenvalue weighted by atomic mass is 10.2. The number of methoxy groups -OCH3 is 1. The number of hydrogen-bond acceptors (Lipinski definition) is 4. The molecule has 2 amide bonds. The Morgan fingerprint density at radius 3 is 2.50 bits per heavy atom. The summed E-state index contributed by atoms with van der Waals surface area (Å²) in [5.74, 6) is -0.111. The summed E-state index contributed by atoms with van der Waals surface area (Å²) in [6.45, 7) is 0. The molecule has 3 rings (SSSR count). The van der Waals surface area contributed by atoms with Crippen molar-refractivity contribution in [1.82, 2.24) is 0 Å². The standard InChI is InChI=1S/C13H9NO4/c1-17-10-3-2-9(13-8(10)6-7-18-13)14-11(15)4-5-12(14)16/h2-7H,1H3. The molecule has 2 heterocycles.